The molecule has 1 N–H and O–H groups in total. The zero-order valence-electron chi connectivity index (χ0n) is 19.9. The molecule has 1 aliphatic rings. The van der Waals surface area contributed by atoms with Crippen molar-refractivity contribution < 1.29 is 9.21 Å². The number of carbonyl (C=O) groups excluding carboxylic acids is 1. The van der Waals surface area contributed by atoms with E-state index in [-0.39, 0.29) is 5.91 Å². The van der Waals surface area contributed by atoms with Gasteiger partial charge in [-0.1, -0.05) is 35.9 Å². The Balaban J connectivity index is 1.15. The van der Waals surface area contributed by atoms with E-state index in [2.05, 4.69) is 27.6 Å². The van der Waals surface area contributed by atoms with Crippen LogP contribution < -0.4 is 5.32 Å². The highest BCUT2D eigenvalue weighted by Gasteiger charge is 2.23. The number of aryl methyl sites for hydroxylation is 1. The van der Waals surface area contributed by atoms with Gasteiger partial charge >= 0.3 is 0 Å². The summed E-state index contributed by atoms with van der Waals surface area (Å²) in [5.41, 5.74) is 7.83. The SMILES string of the molecule is Cc1cccc(-c2nnc(-c3ccc(C(=O)NCc4nn(-c5ccccc5)c5c4CCC5)cc3)o2)c1. The zero-order valence-corrected chi connectivity index (χ0v) is 19.9. The van der Waals surface area contributed by atoms with Crippen molar-refractivity contribution in [1.82, 2.24) is 25.3 Å². The fourth-order valence-electron chi connectivity index (χ4n) is 4.70. The first kappa shape index (κ1) is 22.0. The minimum Gasteiger partial charge on any atom is -0.416 e. The molecule has 0 fully saturated rings. The van der Waals surface area contributed by atoms with Crippen molar-refractivity contribution in [2.45, 2.75) is 32.7 Å². The number of hydrogen-bond acceptors (Lipinski definition) is 5. The Hall–Kier alpha value is -4.52. The highest BCUT2D eigenvalue weighted by Crippen LogP contribution is 2.28. The molecule has 0 aliphatic heterocycles. The number of aromatic nitrogens is 4. The fraction of sp³-hybridized carbons (Fsp3) is 0.172. The summed E-state index contributed by atoms with van der Waals surface area (Å²) in [5.74, 6) is 0.743. The first-order valence-corrected chi connectivity index (χ1v) is 12.1. The second-order valence-corrected chi connectivity index (χ2v) is 9.01. The molecule has 5 aromatic rings. The largest absolute Gasteiger partial charge is 0.416 e. The molecular weight excluding hydrogens is 450 g/mol. The van der Waals surface area contributed by atoms with Gasteiger partial charge < -0.3 is 9.73 Å². The number of amides is 1. The second kappa shape index (κ2) is 9.26. The van der Waals surface area contributed by atoms with E-state index in [1.807, 2.05) is 66.2 Å². The lowest BCUT2D eigenvalue weighted by Gasteiger charge is -2.06. The lowest BCUT2D eigenvalue weighted by molar-refractivity contribution is 0.0950. The van der Waals surface area contributed by atoms with E-state index in [0.717, 1.165) is 47.3 Å². The quantitative estimate of drug-likeness (QED) is 0.359. The average Bonchev–Trinajstić information content (AvgIpc) is 3.66. The molecule has 7 heteroatoms. The molecular formula is C29H25N5O2. The van der Waals surface area contributed by atoms with Crippen LogP contribution in [-0.4, -0.2) is 25.9 Å². The maximum Gasteiger partial charge on any atom is 0.251 e. The molecule has 1 aliphatic carbocycles. The summed E-state index contributed by atoms with van der Waals surface area (Å²) in [6.07, 6.45) is 3.12. The molecule has 3 aromatic carbocycles. The van der Waals surface area contributed by atoms with Gasteiger partial charge in [0.1, 0.15) is 0 Å². The number of rotatable bonds is 6. The van der Waals surface area contributed by atoms with Gasteiger partial charge in [0.05, 0.1) is 17.9 Å². The normalized spacial score (nSPS) is 12.5. The average molecular weight is 476 g/mol. The minimum absolute atomic E-state index is 0.145. The van der Waals surface area contributed by atoms with Crippen LogP contribution in [-0.2, 0) is 19.4 Å². The van der Waals surface area contributed by atoms with E-state index in [0.29, 0.717) is 23.9 Å². The van der Waals surface area contributed by atoms with Crippen molar-refractivity contribution in [3.05, 3.63) is 107 Å². The van der Waals surface area contributed by atoms with Gasteiger partial charge in [-0.05, 0) is 80.3 Å². The van der Waals surface area contributed by atoms with Crippen LogP contribution in [0, 0.1) is 6.92 Å². The van der Waals surface area contributed by atoms with Crippen molar-refractivity contribution >= 4 is 5.91 Å². The van der Waals surface area contributed by atoms with Gasteiger partial charge in [-0.2, -0.15) is 5.10 Å². The molecule has 0 unspecified atom stereocenters. The number of fused-ring (bicyclic) bond motifs is 1. The summed E-state index contributed by atoms with van der Waals surface area (Å²) < 4.78 is 7.89. The Labute approximate surface area is 208 Å². The molecule has 0 radical (unpaired) electrons. The molecule has 2 heterocycles. The standard InChI is InChI=1S/C29H25N5O2/c1-19-7-5-8-22(17-19)29-32-31-28(36-29)21-15-13-20(14-16-21)27(35)30-18-25-24-11-6-12-26(24)34(33-25)23-9-3-2-4-10-23/h2-5,7-10,13-17H,6,11-12,18H2,1H3,(H,30,35). The minimum atomic E-state index is -0.145. The van der Waals surface area contributed by atoms with Gasteiger partial charge in [-0.3, -0.25) is 4.79 Å². The van der Waals surface area contributed by atoms with Crippen LogP contribution in [0.15, 0.2) is 83.3 Å². The van der Waals surface area contributed by atoms with Crippen LogP contribution in [0.4, 0.5) is 0 Å². The van der Waals surface area contributed by atoms with Gasteiger partial charge in [0.15, 0.2) is 0 Å². The summed E-state index contributed by atoms with van der Waals surface area (Å²) in [6.45, 7) is 2.42. The predicted molar refractivity (Wildman–Crippen MR) is 137 cm³/mol. The monoisotopic (exact) mass is 475 g/mol. The third-order valence-corrected chi connectivity index (χ3v) is 6.51. The third-order valence-electron chi connectivity index (χ3n) is 6.51. The number of para-hydroxylation sites is 1. The van der Waals surface area contributed by atoms with Gasteiger partial charge in [0, 0.05) is 22.4 Å². The molecule has 0 saturated heterocycles. The molecule has 7 nitrogen and oxygen atoms in total. The molecule has 0 atom stereocenters. The zero-order chi connectivity index (χ0) is 24.5. The van der Waals surface area contributed by atoms with Gasteiger partial charge in [-0.25, -0.2) is 4.68 Å². The molecule has 0 bridgehead atoms. The summed E-state index contributed by atoms with van der Waals surface area (Å²) in [4.78, 5) is 12.9. The van der Waals surface area contributed by atoms with E-state index >= 15 is 0 Å². The Kier molecular flexibility index (Phi) is 5.65. The van der Waals surface area contributed by atoms with Crippen LogP contribution in [0.1, 0.15) is 39.3 Å². The topological polar surface area (TPSA) is 85.8 Å². The summed E-state index contributed by atoms with van der Waals surface area (Å²) in [5, 5.41) is 16.2. The van der Waals surface area contributed by atoms with E-state index in [1.165, 1.54) is 11.3 Å². The van der Waals surface area contributed by atoms with Gasteiger partial charge in [0.2, 0.25) is 11.8 Å². The molecule has 0 saturated carbocycles. The molecule has 2 aromatic heterocycles. The summed E-state index contributed by atoms with van der Waals surface area (Å²) >= 11 is 0. The molecule has 1 amide bonds. The van der Waals surface area contributed by atoms with E-state index < -0.39 is 0 Å². The Morgan fingerprint density at radius 1 is 0.917 bits per heavy atom. The summed E-state index contributed by atoms with van der Waals surface area (Å²) in [7, 11) is 0. The maximum atomic E-state index is 12.9. The van der Waals surface area contributed by atoms with E-state index in [1.54, 1.807) is 12.1 Å². The van der Waals surface area contributed by atoms with Crippen LogP contribution in [0.5, 0.6) is 0 Å². The van der Waals surface area contributed by atoms with E-state index in [4.69, 9.17) is 9.52 Å². The van der Waals surface area contributed by atoms with Crippen LogP contribution in [0.2, 0.25) is 0 Å². The Bertz CT molecular complexity index is 1530. The number of nitrogens with one attached hydrogen (secondary N) is 1. The smallest absolute Gasteiger partial charge is 0.251 e. The molecule has 36 heavy (non-hydrogen) atoms. The number of carbonyl (C=O) groups is 1. The fourth-order valence-corrected chi connectivity index (χ4v) is 4.70. The summed E-state index contributed by atoms with van der Waals surface area (Å²) in [6, 6.07) is 25.3. The van der Waals surface area contributed by atoms with Crippen molar-refractivity contribution in [3.63, 3.8) is 0 Å². The Morgan fingerprint density at radius 3 is 2.47 bits per heavy atom. The second-order valence-electron chi connectivity index (χ2n) is 9.01. The molecule has 6 rings (SSSR count). The molecule has 0 spiro atoms. The predicted octanol–water partition coefficient (Wildman–Crippen LogP) is 5.32. The third kappa shape index (κ3) is 4.20. The number of benzene rings is 3. The van der Waals surface area contributed by atoms with Crippen LogP contribution in [0.3, 0.4) is 0 Å². The van der Waals surface area contributed by atoms with Gasteiger partial charge in [0.25, 0.3) is 5.91 Å². The lowest BCUT2D eigenvalue weighted by Crippen LogP contribution is -2.23. The number of nitrogens with zero attached hydrogens (tertiary/aromatic N) is 4. The van der Waals surface area contributed by atoms with Crippen LogP contribution >= 0.6 is 0 Å². The van der Waals surface area contributed by atoms with Gasteiger partial charge in [-0.15, -0.1) is 10.2 Å². The lowest BCUT2D eigenvalue weighted by atomic mass is 10.1. The highest BCUT2D eigenvalue weighted by atomic mass is 16.4. The highest BCUT2D eigenvalue weighted by molar-refractivity contribution is 5.94. The van der Waals surface area contributed by atoms with Crippen LogP contribution in [0.25, 0.3) is 28.6 Å². The first-order valence-electron chi connectivity index (χ1n) is 12.1. The Morgan fingerprint density at radius 2 is 1.69 bits per heavy atom. The van der Waals surface area contributed by atoms with Crippen molar-refractivity contribution in [3.8, 4) is 28.6 Å². The molecule has 178 valence electrons. The van der Waals surface area contributed by atoms with Crippen molar-refractivity contribution in [2.75, 3.05) is 0 Å². The van der Waals surface area contributed by atoms with E-state index in [9.17, 15) is 4.79 Å². The number of hydrogen-bond donors (Lipinski definition) is 1. The van der Waals surface area contributed by atoms with Crippen molar-refractivity contribution in [2.24, 2.45) is 0 Å². The maximum absolute atomic E-state index is 12.9. The first-order chi connectivity index (χ1) is 17.7. The van der Waals surface area contributed by atoms with Crippen molar-refractivity contribution in [1.29, 1.82) is 0 Å².